The van der Waals surface area contributed by atoms with E-state index in [1.165, 1.54) is 24.3 Å². The molecule has 0 aliphatic rings. The Hall–Kier alpha value is -4.02. The summed E-state index contributed by atoms with van der Waals surface area (Å²) in [4.78, 5) is 23.5. The minimum atomic E-state index is -6.48. The highest BCUT2D eigenvalue weighted by Gasteiger charge is 2.67. The van der Waals surface area contributed by atoms with E-state index in [9.17, 15) is 70.3 Å². The standard InChI is InChI=1S/C14H9F5O5S.C14H15F5O5S/c15-13(16,17)12(14(18,19)25(21,22)23)24-11(20)10-6-5-8-3-1-2-4-9(8)7-10;1-12(2,3)9-6-4-8(5-7-9)10(20)24-11(13(15,16)17)14(18,19)25(21,22)23/h1-7,12H,(H,21,22,23);4-7,11H,1-3H3,(H,21,22,23). The highest BCUT2D eigenvalue weighted by atomic mass is 32.2. The molecule has 0 radical (unpaired) electrons. The van der Waals surface area contributed by atoms with Crippen LogP contribution in [0.15, 0.2) is 66.7 Å². The second kappa shape index (κ2) is 14.3. The van der Waals surface area contributed by atoms with E-state index < -0.39 is 78.4 Å². The van der Waals surface area contributed by atoms with Crippen LogP contribution < -0.4 is 0 Å². The van der Waals surface area contributed by atoms with E-state index in [4.69, 9.17) is 9.11 Å². The number of halogens is 10. The lowest BCUT2D eigenvalue weighted by Gasteiger charge is -2.26. The molecule has 10 nitrogen and oxygen atoms in total. The molecule has 0 fully saturated rings. The maximum Gasteiger partial charge on any atom is 0.432 e. The molecule has 0 saturated heterocycles. The molecule has 0 saturated carbocycles. The number of carbonyl (C=O) groups excluding carboxylic acids is 2. The van der Waals surface area contributed by atoms with Gasteiger partial charge in [0.2, 0.25) is 0 Å². The molecule has 0 aliphatic heterocycles. The molecule has 0 aromatic heterocycles. The van der Waals surface area contributed by atoms with Crippen molar-refractivity contribution < 1.29 is 88.9 Å². The maximum absolute atomic E-state index is 13.4. The van der Waals surface area contributed by atoms with Gasteiger partial charge in [0.15, 0.2) is 0 Å². The van der Waals surface area contributed by atoms with Crippen molar-refractivity contribution in [2.24, 2.45) is 0 Å². The summed E-state index contributed by atoms with van der Waals surface area (Å²) in [5.74, 6) is -3.64. The first-order valence-electron chi connectivity index (χ1n) is 13.2. The molecule has 50 heavy (non-hydrogen) atoms. The lowest BCUT2D eigenvalue weighted by Crippen LogP contribution is -2.52. The third-order valence-corrected chi connectivity index (χ3v) is 8.12. The monoisotopic (exact) mass is 774 g/mol. The van der Waals surface area contributed by atoms with E-state index in [0.29, 0.717) is 16.3 Å². The van der Waals surface area contributed by atoms with Crippen LogP contribution in [0.5, 0.6) is 0 Å². The smallest absolute Gasteiger partial charge is 0.432 e. The minimum absolute atomic E-state index is 0.338. The van der Waals surface area contributed by atoms with Crippen LogP contribution in [0.3, 0.4) is 0 Å². The van der Waals surface area contributed by atoms with Crippen LogP contribution >= 0.6 is 0 Å². The number of alkyl halides is 10. The zero-order valence-electron chi connectivity index (χ0n) is 25.3. The molecule has 3 rings (SSSR count). The molecule has 22 heteroatoms. The van der Waals surface area contributed by atoms with Crippen molar-refractivity contribution in [3.05, 3.63) is 83.4 Å². The number of rotatable bonds is 8. The van der Waals surface area contributed by atoms with Gasteiger partial charge in [0.25, 0.3) is 12.2 Å². The van der Waals surface area contributed by atoms with Gasteiger partial charge in [-0.15, -0.1) is 0 Å². The third-order valence-electron chi connectivity index (χ3n) is 6.31. The Morgan fingerprint density at radius 1 is 0.580 bits per heavy atom. The summed E-state index contributed by atoms with van der Waals surface area (Å²) in [6.07, 6.45) is -20.6. The number of benzene rings is 3. The molecule has 0 spiro atoms. The fourth-order valence-corrected chi connectivity index (χ4v) is 4.60. The van der Waals surface area contributed by atoms with Crippen LogP contribution in [-0.4, -0.2) is 72.9 Å². The van der Waals surface area contributed by atoms with Gasteiger partial charge < -0.3 is 9.47 Å². The van der Waals surface area contributed by atoms with Crippen LogP contribution in [0.1, 0.15) is 47.1 Å². The first-order valence-corrected chi connectivity index (χ1v) is 16.0. The van der Waals surface area contributed by atoms with E-state index in [0.717, 1.165) is 24.3 Å². The zero-order chi connectivity index (χ0) is 38.9. The Kier molecular flexibility index (Phi) is 12.1. The molecule has 2 atom stereocenters. The minimum Gasteiger partial charge on any atom is -0.441 e. The van der Waals surface area contributed by atoms with Gasteiger partial charge in [-0.25, -0.2) is 9.59 Å². The van der Waals surface area contributed by atoms with E-state index >= 15 is 0 Å². The molecule has 2 N–H and O–H groups in total. The number of esters is 2. The van der Waals surface area contributed by atoms with Crippen molar-refractivity contribution in [1.82, 2.24) is 0 Å². The van der Waals surface area contributed by atoms with Crippen LogP contribution in [0.2, 0.25) is 0 Å². The third kappa shape index (κ3) is 10.0. The molecule has 2 unspecified atom stereocenters. The zero-order valence-corrected chi connectivity index (χ0v) is 26.9. The predicted molar refractivity (Wildman–Crippen MR) is 153 cm³/mol. The number of fused-ring (bicyclic) bond motifs is 1. The average molecular weight is 775 g/mol. The maximum atomic E-state index is 13.4. The van der Waals surface area contributed by atoms with Crippen molar-refractivity contribution in [3.63, 3.8) is 0 Å². The summed E-state index contributed by atoms with van der Waals surface area (Å²) >= 11 is 0. The van der Waals surface area contributed by atoms with Crippen molar-refractivity contribution in [2.45, 2.75) is 61.3 Å². The van der Waals surface area contributed by atoms with E-state index in [1.807, 2.05) is 20.8 Å². The fourth-order valence-electron chi connectivity index (χ4n) is 3.70. The van der Waals surface area contributed by atoms with Gasteiger partial charge in [-0.05, 0) is 46.0 Å². The Morgan fingerprint density at radius 2 is 0.940 bits per heavy atom. The summed E-state index contributed by atoms with van der Waals surface area (Å²) in [7, 11) is -12.9. The number of hydrogen-bond acceptors (Lipinski definition) is 8. The van der Waals surface area contributed by atoms with Crippen LogP contribution in [0.4, 0.5) is 43.9 Å². The van der Waals surface area contributed by atoms with Crippen LogP contribution in [0.25, 0.3) is 10.8 Å². The van der Waals surface area contributed by atoms with Gasteiger partial charge >= 0.3 is 55.0 Å². The van der Waals surface area contributed by atoms with Gasteiger partial charge in [-0.2, -0.15) is 60.7 Å². The van der Waals surface area contributed by atoms with Gasteiger partial charge in [0.1, 0.15) is 0 Å². The van der Waals surface area contributed by atoms with E-state index in [-0.39, 0.29) is 5.41 Å². The Morgan fingerprint density at radius 3 is 1.30 bits per heavy atom. The second-order valence-electron chi connectivity index (χ2n) is 11.1. The molecule has 0 bridgehead atoms. The van der Waals surface area contributed by atoms with Crippen molar-refractivity contribution >= 4 is 42.9 Å². The molecule has 278 valence electrons. The van der Waals surface area contributed by atoms with E-state index in [2.05, 4.69) is 9.47 Å². The highest BCUT2D eigenvalue weighted by molar-refractivity contribution is 7.87. The first-order chi connectivity index (χ1) is 22.3. The average Bonchev–Trinajstić information content (AvgIpc) is 2.95. The molecule has 0 heterocycles. The quantitative estimate of drug-likeness (QED) is 0.139. The van der Waals surface area contributed by atoms with Crippen LogP contribution in [0, 0.1) is 0 Å². The van der Waals surface area contributed by atoms with Gasteiger partial charge in [0.05, 0.1) is 11.1 Å². The molecule has 0 amide bonds. The summed E-state index contributed by atoms with van der Waals surface area (Å²) < 4.78 is 196. The van der Waals surface area contributed by atoms with Gasteiger partial charge in [0, 0.05) is 0 Å². The highest BCUT2D eigenvalue weighted by Crippen LogP contribution is 2.40. The van der Waals surface area contributed by atoms with Crippen molar-refractivity contribution in [3.8, 4) is 0 Å². The normalized spacial score (nSPS) is 14.6. The fraction of sp³-hybridized carbons (Fsp3) is 0.357. The first kappa shape index (κ1) is 42.1. The Balaban J connectivity index is 0.000000347. The summed E-state index contributed by atoms with van der Waals surface area (Å²) in [6.45, 7) is 5.48. The summed E-state index contributed by atoms with van der Waals surface area (Å²) in [6, 6.07) is 14.7. The van der Waals surface area contributed by atoms with Gasteiger partial charge in [-0.3, -0.25) is 9.11 Å². The van der Waals surface area contributed by atoms with Crippen molar-refractivity contribution in [2.75, 3.05) is 0 Å². The Bertz CT molecular complexity index is 1920. The summed E-state index contributed by atoms with van der Waals surface area (Å²) in [5, 5.41) is -10.5. The molecular formula is C28H24F10O10S2. The summed E-state index contributed by atoms with van der Waals surface area (Å²) in [5.41, 5.74) is -0.623. The van der Waals surface area contributed by atoms with Crippen molar-refractivity contribution in [1.29, 1.82) is 0 Å². The van der Waals surface area contributed by atoms with Gasteiger partial charge in [-0.1, -0.05) is 63.2 Å². The van der Waals surface area contributed by atoms with Crippen LogP contribution in [-0.2, 0) is 35.1 Å². The number of ether oxygens (including phenoxy) is 2. The molecule has 3 aromatic rings. The lowest BCUT2D eigenvalue weighted by atomic mass is 9.87. The predicted octanol–water partition coefficient (Wildman–Crippen LogP) is 6.96. The topological polar surface area (TPSA) is 161 Å². The molecule has 0 aliphatic carbocycles. The lowest BCUT2D eigenvalue weighted by molar-refractivity contribution is -0.248. The Labute approximate surface area is 276 Å². The van der Waals surface area contributed by atoms with E-state index in [1.54, 1.807) is 18.2 Å². The number of hydrogen-bond donors (Lipinski definition) is 2. The molecule has 3 aromatic carbocycles. The largest absolute Gasteiger partial charge is 0.441 e. The second-order valence-corrected chi connectivity index (χ2v) is 14.1. The molecular weight excluding hydrogens is 750 g/mol. The number of carbonyl (C=O) groups is 2. The SMILES string of the molecule is CC(C)(C)c1ccc(C(=O)OC(C(F)(F)F)C(F)(F)S(=O)(=O)O)cc1.O=C(OC(C(F)(F)F)C(F)(F)S(=O)(=O)O)c1ccc2ccccc2c1.